The Morgan fingerprint density at radius 1 is 1.56 bits per heavy atom. The van der Waals surface area contributed by atoms with Crippen molar-refractivity contribution in [2.45, 2.75) is 32.4 Å². The van der Waals surface area contributed by atoms with Gasteiger partial charge in [-0.1, -0.05) is 6.92 Å². The zero-order chi connectivity index (χ0) is 12.4. The van der Waals surface area contributed by atoms with Crippen molar-refractivity contribution in [2.24, 2.45) is 13.0 Å². The van der Waals surface area contributed by atoms with Gasteiger partial charge in [0.15, 0.2) is 0 Å². The monoisotopic (exact) mass is 272 g/mol. The first kappa shape index (κ1) is 15.0. The van der Waals surface area contributed by atoms with E-state index in [1.165, 1.54) is 0 Å². The van der Waals surface area contributed by atoms with E-state index in [1.807, 2.05) is 7.05 Å². The number of nitrogens with one attached hydrogen (secondary N) is 2. The largest absolute Gasteiger partial charge is 0.346 e. The van der Waals surface area contributed by atoms with Gasteiger partial charge in [0.1, 0.15) is 5.69 Å². The van der Waals surface area contributed by atoms with E-state index in [-0.39, 0.29) is 24.4 Å². The molecule has 2 heterocycles. The highest BCUT2D eigenvalue weighted by atomic mass is 35.5. The number of imidazole rings is 1. The lowest BCUT2D eigenvalue weighted by Crippen LogP contribution is -2.56. The van der Waals surface area contributed by atoms with Crippen LogP contribution in [0.1, 0.15) is 30.8 Å². The molecule has 1 saturated heterocycles. The lowest BCUT2D eigenvalue weighted by Gasteiger charge is -2.35. The van der Waals surface area contributed by atoms with Crippen LogP contribution in [0.15, 0.2) is 12.5 Å². The van der Waals surface area contributed by atoms with E-state index >= 15 is 0 Å². The Morgan fingerprint density at radius 3 is 2.83 bits per heavy atom. The third kappa shape index (κ3) is 3.03. The molecule has 1 aliphatic heterocycles. The molecule has 6 heteroatoms. The molecule has 1 aliphatic rings. The molecule has 1 amide bonds. The first-order valence-electron chi connectivity index (χ1n) is 6.10. The van der Waals surface area contributed by atoms with Gasteiger partial charge in [0.25, 0.3) is 5.91 Å². The molecule has 18 heavy (non-hydrogen) atoms. The highest BCUT2D eigenvalue weighted by Gasteiger charge is 2.29. The number of aromatic nitrogens is 2. The van der Waals surface area contributed by atoms with Crippen molar-refractivity contribution in [3.63, 3.8) is 0 Å². The number of hydrogen-bond donors (Lipinski definition) is 2. The second-order valence-electron chi connectivity index (χ2n) is 4.90. The number of halogens is 1. The maximum Gasteiger partial charge on any atom is 0.269 e. The van der Waals surface area contributed by atoms with Gasteiger partial charge in [-0.15, -0.1) is 12.4 Å². The first-order chi connectivity index (χ1) is 8.09. The molecule has 0 aliphatic carbocycles. The molecule has 3 atom stereocenters. The van der Waals surface area contributed by atoms with E-state index < -0.39 is 0 Å². The number of amides is 1. The summed E-state index contributed by atoms with van der Waals surface area (Å²) in [5, 5.41) is 6.49. The predicted octanol–water partition coefficient (Wildman–Crippen LogP) is 0.958. The summed E-state index contributed by atoms with van der Waals surface area (Å²) in [6.07, 6.45) is 4.34. The minimum atomic E-state index is -0.0441. The van der Waals surface area contributed by atoms with Crippen LogP contribution in [0.4, 0.5) is 0 Å². The molecule has 0 radical (unpaired) electrons. The molecule has 0 aromatic carbocycles. The van der Waals surface area contributed by atoms with Crippen molar-refractivity contribution in [1.82, 2.24) is 20.2 Å². The van der Waals surface area contributed by atoms with E-state index in [0.29, 0.717) is 17.7 Å². The van der Waals surface area contributed by atoms with Crippen molar-refractivity contribution >= 4 is 18.3 Å². The van der Waals surface area contributed by atoms with Crippen LogP contribution in [0.3, 0.4) is 0 Å². The highest BCUT2D eigenvalue weighted by molar-refractivity contribution is 5.92. The van der Waals surface area contributed by atoms with Crippen LogP contribution in [0.25, 0.3) is 0 Å². The maximum absolute atomic E-state index is 12.1. The van der Waals surface area contributed by atoms with Crippen LogP contribution in [0.5, 0.6) is 0 Å². The lowest BCUT2D eigenvalue weighted by atomic mass is 9.89. The number of aryl methyl sites for hydroxylation is 1. The van der Waals surface area contributed by atoms with E-state index in [9.17, 15) is 4.79 Å². The molecule has 1 fully saturated rings. The Labute approximate surface area is 114 Å². The third-order valence-electron chi connectivity index (χ3n) is 3.56. The normalized spacial score (nSPS) is 27.4. The number of carbonyl (C=O) groups excluding carboxylic acids is 1. The molecule has 2 rings (SSSR count). The maximum atomic E-state index is 12.1. The van der Waals surface area contributed by atoms with Crippen LogP contribution < -0.4 is 10.6 Å². The van der Waals surface area contributed by atoms with Crippen LogP contribution in [-0.4, -0.2) is 34.1 Å². The van der Waals surface area contributed by atoms with Gasteiger partial charge in [-0.3, -0.25) is 4.79 Å². The van der Waals surface area contributed by atoms with Gasteiger partial charge in [0.05, 0.1) is 12.5 Å². The molecule has 0 saturated carbocycles. The van der Waals surface area contributed by atoms with Crippen LogP contribution in [0.2, 0.25) is 0 Å². The Bertz CT molecular complexity index is 397. The smallest absolute Gasteiger partial charge is 0.269 e. The molecule has 1 aromatic heterocycles. The zero-order valence-corrected chi connectivity index (χ0v) is 11.8. The second-order valence-corrected chi connectivity index (χ2v) is 4.90. The Hall–Kier alpha value is -1.07. The van der Waals surface area contributed by atoms with Crippen molar-refractivity contribution in [3.05, 3.63) is 18.2 Å². The summed E-state index contributed by atoms with van der Waals surface area (Å²) in [5.41, 5.74) is 0.606. The fourth-order valence-corrected chi connectivity index (χ4v) is 2.41. The number of piperidine rings is 1. The van der Waals surface area contributed by atoms with Crippen LogP contribution in [0, 0.1) is 5.92 Å². The number of carbonyl (C=O) groups is 1. The standard InChI is InChI=1S/C12H20N4O.ClH/c1-8-4-5-14-9(2)11(8)15-12(17)10-6-13-7-16(10)3;/h6-9,11,14H,4-5H2,1-3H3,(H,15,17);1H. The predicted molar refractivity (Wildman–Crippen MR) is 73.0 cm³/mol. The quantitative estimate of drug-likeness (QED) is 0.843. The van der Waals surface area contributed by atoms with Gasteiger partial charge in [-0.25, -0.2) is 4.98 Å². The minimum Gasteiger partial charge on any atom is -0.346 e. The molecule has 0 spiro atoms. The van der Waals surface area contributed by atoms with Crippen molar-refractivity contribution in [3.8, 4) is 0 Å². The molecular formula is C12H21ClN4O. The summed E-state index contributed by atoms with van der Waals surface area (Å²) < 4.78 is 1.74. The van der Waals surface area contributed by atoms with Crippen LogP contribution >= 0.6 is 12.4 Å². The minimum absolute atomic E-state index is 0. The summed E-state index contributed by atoms with van der Waals surface area (Å²) in [4.78, 5) is 16.0. The molecule has 1 aromatic rings. The molecule has 3 unspecified atom stereocenters. The highest BCUT2D eigenvalue weighted by Crippen LogP contribution is 2.16. The van der Waals surface area contributed by atoms with E-state index in [2.05, 4.69) is 29.5 Å². The molecule has 5 nitrogen and oxygen atoms in total. The summed E-state index contributed by atoms with van der Waals surface area (Å²) in [6.45, 7) is 5.33. The molecule has 2 N–H and O–H groups in total. The Kier molecular flexibility index (Phi) is 5.16. The molecule has 102 valence electrons. The first-order valence-corrected chi connectivity index (χ1v) is 6.10. The number of nitrogens with zero attached hydrogens (tertiary/aromatic N) is 2. The van der Waals surface area contributed by atoms with Gasteiger partial charge in [0.2, 0.25) is 0 Å². The fourth-order valence-electron chi connectivity index (χ4n) is 2.41. The number of hydrogen-bond acceptors (Lipinski definition) is 3. The zero-order valence-electron chi connectivity index (χ0n) is 11.0. The average Bonchev–Trinajstić information content (AvgIpc) is 2.70. The topological polar surface area (TPSA) is 58.9 Å². The van der Waals surface area contributed by atoms with Crippen molar-refractivity contribution in [2.75, 3.05) is 6.54 Å². The molecule has 0 bridgehead atoms. The second kappa shape index (κ2) is 6.20. The summed E-state index contributed by atoms with van der Waals surface area (Å²) >= 11 is 0. The number of rotatable bonds is 2. The Morgan fingerprint density at radius 2 is 2.28 bits per heavy atom. The summed E-state index contributed by atoms with van der Waals surface area (Å²) in [5.74, 6) is 0.459. The van der Waals surface area contributed by atoms with Gasteiger partial charge in [0, 0.05) is 19.1 Å². The third-order valence-corrected chi connectivity index (χ3v) is 3.56. The fraction of sp³-hybridized carbons (Fsp3) is 0.667. The van der Waals surface area contributed by atoms with Crippen molar-refractivity contribution < 1.29 is 4.79 Å². The van der Waals surface area contributed by atoms with E-state index in [4.69, 9.17) is 0 Å². The Balaban J connectivity index is 0.00000162. The summed E-state index contributed by atoms with van der Waals surface area (Å²) in [6, 6.07) is 0.502. The van der Waals surface area contributed by atoms with Gasteiger partial charge in [-0.05, 0) is 25.8 Å². The van der Waals surface area contributed by atoms with Crippen LogP contribution in [-0.2, 0) is 7.05 Å². The average molecular weight is 273 g/mol. The van der Waals surface area contributed by atoms with E-state index in [0.717, 1.165) is 13.0 Å². The van der Waals surface area contributed by atoms with Gasteiger partial charge >= 0.3 is 0 Å². The van der Waals surface area contributed by atoms with Gasteiger partial charge in [-0.2, -0.15) is 0 Å². The summed E-state index contributed by atoms with van der Waals surface area (Å²) in [7, 11) is 1.83. The molecular weight excluding hydrogens is 252 g/mol. The SMILES string of the molecule is CC1CCNC(C)C1NC(=O)c1cncn1C.Cl. The van der Waals surface area contributed by atoms with E-state index in [1.54, 1.807) is 17.1 Å². The van der Waals surface area contributed by atoms with Gasteiger partial charge < -0.3 is 15.2 Å². The van der Waals surface area contributed by atoms with Crippen molar-refractivity contribution in [1.29, 1.82) is 0 Å². The lowest BCUT2D eigenvalue weighted by molar-refractivity contribution is 0.0889.